The minimum absolute atomic E-state index is 0.568. The fourth-order valence-corrected chi connectivity index (χ4v) is 2.85. The second-order valence-corrected chi connectivity index (χ2v) is 5.07. The monoisotopic (exact) mass is 246 g/mol. The number of hydrogen-bond donors (Lipinski definition) is 1. The third kappa shape index (κ3) is 1.98. The Bertz CT molecular complexity index is 523. The first-order chi connectivity index (χ1) is 8.34. The number of rotatable bonds is 2. The highest BCUT2D eigenvalue weighted by atomic mass is 32.1. The van der Waals surface area contributed by atoms with E-state index in [4.69, 9.17) is 5.73 Å². The number of hydrogen-bond acceptors (Lipinski definition) is 5. The Morgan fingerprint density at radius 3 is 3.06 bits per heavy atom. The third-order valence-electron chi connectivity index (χ3n) is 3.13. The molecule has 4 nitrogen and oxygen atoms in total. The van der Waals surface area contributed by atoms with Crippen molar-refractivity contribution in [3.05, 3.63) is 34.7 Å². The van der Waals surface area contributed by atoms with Crippen LogP contribution < -0.4 is 10.6 Å². The molecule has 88 valence electrons. The molecule has 2 aromatic rings. The van der Waals surface area contributed by atoms with E-state index in [9.17, 15) is 0 Å². The molecule has 1 aromatic heterocycles. The van der Waals surface area contributed by atoms with Crippen molar-refractivity contribution in [1.29, 1.82) is 0 Å². The normalized spacial score (nSPS) is 14.7. The van der Waals surface area contributed by atoms with Crippen molar-refractivity contribution in [3.63, 3.8) is 0 Å². The first-order valence-corrected chi connectivity index (χ1v) is 6.51. The third-order valence-corrected chi connectivity index (χ3v) is 3.85. The van der Waals surface area contributed by atoms with Gasteiger partial charge in [-0.1, -0.05) is 22.7 Å². The predicted octanol–water partition coefficient (Wildman–Crippen LogP) is 2.07. The number of anilines is 2. The second kappa shape index (κ2) is 4.33. The van der Waals surface area contributed by atoms with Crippen LogP contribution in [0, 0.1) is 0 Å². The molecule has 0 spiro atoms. The van der Waals surface area contributed by atoms with E-state index in [0.29, 0.717) is 5.82 Å². The SMILES string of the molecule is Nc1nnsc1CN1CCCc2ccccc21. The van der Waals surface area contributed by atoms with Gasteiger partial charge in [-0.3, -0.25) is 0 Å². The van der Waals surface area contributed by atoms with Gasteiger partial charge in [0.15, 0.2) is 5.82 Å². The van der Waals surface area contributed by atoms with Crippen LogP contribution >= 0.6 is 11.5 Å². The summed E-state index contributed by atoms with van der Waals surface area (Å²) in [6.45, 7) is 1.90. The Morgan fingerprint density at radius 2 is 2.24 bits per heavy atom. The summed E-state index contributed by atoms with van der Waals surface area (Å²) < 4.78 is 3.88. The lowest BCUT2D eigenvalue weighted by Crippen LogP contribution is -2.28. The molecular formula is C12H14N4S. The number of aryl methyl sites for hydroxylation is 1. The Balaban J connectivity index is 1.88. The van der Waals surface area contributed by atoms with E-state index < -0.39 is 0 Å². The van der Waals surface area contributed by atoms with Gasteiger partial charge in [-0.15, -0.1) is 5.10 Å². The van der Waals surface area contributed by atoms with Gasteiger partial charge in [0.25, 0.3) is 0 Å². The zero-order valence-electron chi connectivity index (χ0n) is 9.47. The highest BCUT2D eigenvalue weighted by Crippen LogP contribution is 2.29. The second-order valence-electron chi connectivity index (χ2n) is 4.24. The number of nitrogens with two attached hydrogens (primary N) is 1. The van der Waals surface area contributed by atoms with E-state index in [2.05, 4.69) is 38.8 Å². The molecule has 0 unspecified atom stereocenters. The van der Waals surface area contributed by atoms with Crippen molar-refractivity contribution in [3.8, 4) is 0 Å². The van der Waals surface area contributed by atoms with E-state index in [0.717, 1.165) is 18.0 Å². The van der Waals surface area contributed by atoms with Crippen LogP contribution in [0.4, 0.5) is 11.5 Å². The van der Waals surface area contributed by atoms with Crippen molar-refractivity contribution in [2.75, 3.05) is 17.2 Å². The highest BCUT2D eigenvalue weighted by molar-refractivity contribution is 7.06. The van der Waals surface area contributed by atoms with Crippen LogP contribution in [0.3, 0.4) is 0 Å². The molecule has 1 aliphatic rings. The Labute approximate surface area is 104 Å². The number of nitrogen functional groups attached to an aromatic ring is 1. The summed E-state index contributed by atoms with van der Waals surface area (Å²) >= 11 is 1.39. The summed E-state index contributed by atoms with van der Waals surface area (Å²) in [5.41, 5.74) is 8.54. The van der Waals surface area contributed by atoms with Gasteiger partial charge in [0.2, 0.25) is 0 Å². The molecule has 2 N–H and O–H groups in total. The maximum absolute atomic E-state index is 5.79. The smallest absolute Gasteiger partial charge is 0.163 e. The van der Waals surface area contributed by atoms with Crippen LogP contribution in [0.25, 0.3) is 0 Å². The number of benzene rings is 1. The van der Waals surface area contributed by atoms with Gasteiger partial charge >= 0.3 is 0 Å². The lowest BCUT2D eigenvalue weighted by atomic mass is 10.0. The zero-order chi connectivity index (χ0) is 11.7. The Kier molecular flexibility index (Phi) is 2.68. The average Bonchev–Trinajstić information content (AvgIpc) is 2.76. The first kappa shape index (κ1) is 10.5. The van der Waals surface area contributed by atoms with Crippen LogP contribution in [-0.2, 0) is 13.0 Å². The first-order valence-electron chi connectivity index (χ1n) is 5.74. The maximum Gasteiger partial charge on any atom is 0.163 e. The summed E-state index contributed by atoms with van der Waals surface area (Å²) in [7, 11) is 0. The summed E-state index contributed by atoms with van der Waals surface area (Å²) in [6, 6.07) is 8.57. The summed E-state index contributed by atoms with van der Waals surface area (Å²) in [5, 5.41) is 3.86. The number of fused-ring (bicyclic) bond motifs is 1. The van der Waals surface area contributed by atoms with Crippen molar-refractivity contribution in [2.45, 2.75) is 19.4 Å². The summed E-state index contributed by atoms with van der Waals surface area (Å²) in [4.78, 5) is 3.42. The Hall–Kier alpha value is -1.62. The molecule has 0 fully saturated rings. The topological polar surface area (TPSA) is 55.0 Å². The van der Waals surface area contributed by atoms with Gasteiger partial charge in [0.1, 0.15) is 0 Å². The molecule has 0 bridgehead atoms. The van der Waals surface area contributed by atoms with Crippen molar-refractivity contribution < 1.29 is 0 Å². The van der Waals surface area contributed by atoms with Gasteiger partial charge in [-0.25, -0.2) is 0 Å². The van der Waals surface area contributed by atoms with E-state index in [1.165, 1.54) is 35.6 Å². The largest absolute Gasteiger partial charge is 0.381 e. The molecule has 1 aliphatic heterocycles. The molecule has 0 atom stereocenters. The average molecular weight is 246 g/mol. The van der Waals surface area contributed by atoms with Gasteiger partial charge < -0.3 is 10.6 Å². The Morgan fingerprint density at radius 1 is 1.35 bits per heavy atom. The number of nitrogens with zero attached hydrogens (tertiary/aromatic N) is 3. The van der Waals surface area contributed by atoms with E-state index >= 15 is 0 Å². The van der Waals surface area contributed by atoms with Crippen LogP contribution in [0.15, 0.2) is 24.3 Å². The molecule has 0 radical (unpaired) electrons. The molecule has 0 aliphatic carbocycles. The van der Waals surface area contributed by atoms with Gasteiger partial charge in [-0.2, -0.15) is 0 Å². The minimum Gasteiger partial charge on any atom is -0.381 e. The van der Waals surface area contributed by atoms with Gasteiger partial charge in [0.05, 0.1) is 11.4 Å². The molecule has 0 saturated carbocycles. The number of aromatic nitrogens is 2. The maximum atomic E-state index is 5.79. The van der Waals surface area contributed by atoms with Crippen molar-refractivity contribution in [1.82, 2.24) is 9.59 Å². The summed E-state index contributed by atoms with van der Waals surface area (Å²) in [5.74, 6) is 0.568. The van der Waals surface area contributed by atoms with Gasteiger partial charge in [0, 0.05) is 12.2 Å². The molecule has 0 saturated heterocycles. The van der Waals surface area contributed by atoms with E-state index in [1.807, 2.05) is 0 Å². The van der Waals surface area contributed by atoms with Crippen LogP contribution in [0.5, 0.6) is 0 Å². The molecule has 5 heteroatoms. The lowest BCUT2D eigenvalue weighted by Gasteiger charge is -2.30. The van der Waals surface area contributed by atoms with Crippen LogP contribution in [0.1, 0.15) is 16.9 Å². The molecular weight excluding hydrogens is 232 g/mol. The minimum atomic E-state index is 0.568. The fourth-order valence-electron chi connectivity index (χ4n) is 2.28. The quantitative estimate of drug-likeness (QED) is 0.881. The van der Waals surface area contributed by atoms with Crippen LogP contribution in [-0.4, -0.2) is 16.1 Å². The van der Waals surface area contributed by atoms with E-state index in [1.54, 1.807) is 0 Å². The predicted molar refractivity (Wildman–Crippen MR) is 70.1 cm³/mol. The van der Waals surface area contributed by atoms with Crippen molar-refractivity contribution >= 4 is 23.0 Å². The highest BCUT2D eigenvalue weighted by Gasteiger charge is 2.18. The zero-order valence-corrected chi connectivity index (χ0v) is 10.3. The number of para-hydroxylation sites is 1. The van der Waals surface area contributed by atoms with Gasteiger partial charge in [-0.05, 0) is 36.0 Å². The molecule has 0 amide bonds. The molecule has 2 heterocycles. The molecule has 17 heavy (non-hydrogen) atoms. The summed E-state index contributed by atoms with van der Waals surface area (Å²) in [6.07, 6.45) is 2.37. The van der Waals surface area contributed by atoms with Crippen molar-refractivity contribution in [2.24, 2.45) is 0 Å². The van der Waals surface area contributed by atoms with E-state index in [-0.39, 0.29) is 0 Å². The molecule has 3 rings (SSSR count). The lowest BCUT2D eigenvalue weighted by molar-refractivity contribution is 0.695. The van der Waals surface area contributed by atoms with Crippen LogP contribution in [0.2, 0.25) is 0 Å². The molecule has 1 aromatic carbocycles. The standard InChI is InChI=1S/C12H14N4S/c13-12-11(17-15-14-12)8-16-7-3-5-9-4-1-2-6-10(9)16/h1-2,4,6H,3,5,7-8,13H2. The fraction of sp³-hybridized carbons (Fsp3) is 0.333.